The predicted octanol–water partition coefficient (Wildman–Crippen LogP) is 5.39. The van der Waals surface area contributed by atoms with E-state index in [0.29, 0.717) is 0 Å². The minimum Gasteiger partial charge on any atom is -0.481 e. The average Bonchev–Trinajstić information content (AvgIpc) is 2.11. The van der Waals surface area contributed by atoms with Gasteiger partial charge in [-0.15, -0.1) is 0 Å². The molecule has 0 fully saturated rings. The van der Waals surface area contributed by atoms with Crippen LogP contribution in [0.3, 0.4) is 0 Å². The molecule has 2 nitrogen and oxygen atoms in total. The van der Waals surface area contributed by atoms with E-state index in [9.17, 15) is 4.79 Å². The van der Waals surface area contributed by atoms with Crippen LogP contribution in [-0.2, 0) is 8.03 Å². The minimum absolute atomic E-state index is 0.0698. The van der Waals surface area contributed by atoms with Crippen LogP contribution in [0.2, 0.25) is 0 Å². The molecule has 0 saturated carbocycles. The highest BCUT2D eigenvalue weighted by molar-refractivity contribution is 9.24. The molecule has 1 N–H and O–H groups in total. The lowest BCUT2D eigenvalue weighted by molar-refractivity contribution is -0.137. The van der Waals surface area contributed by atoms with Gasteiger partial charge in [0.15, 0.2) is 0 Å². The van der Waals surface area contributed by atoms with Gasteiger partial charge in [0.25, 0.3) is 0 Å². The first kappa shape index (κ1) is 15.1. The number of alkyl halides is 2. The van der Waals surface area contributed by atoms with Crippen molar-refractivity contribution in [1.29, 1.82) is 0 Å². The number of rotatable bonds is 3. The molecule has 0 heterocycles. The summed E-state index contributed by atoms with van der Waals surface area (Å²) in [5, 5.41) is 8.83. The number of halogens is 5. The fraction of sp³-hybridized carbons (Fsp3) is 0.222. The molecule has 0 aliphatic carbocycles. The number of hydrogen-bond acceptors (Lipinski definition) is 1. The Morgan fingerprint density at radius 1 is 1.19 bits per heavy atom. The highest BCUT2D eigenvalue weighted by atomic mass is 79.9. The molecule has 88 valence electrons. The van der Waals surface area contributed by atoms with Gasteiger partial charge in [0.2, 0.25) is 0 Å². The van der Waals surface area contributed by atoms with E-state index >= 15 is 0 Å². The molecule has 0 amide bonds. The van der Waals surface area contributed by atoms with Gasteiger partial charge in [0, 0.05) is 13.4 Å². The van der Waals surface area contributed by atoms with Crippen molar-refractivity contribution in [3.05, 3.63) is 31.1 Å². The Morgan fingerprint density at radius 3 is 2.25 bits per heavy atom. The summed E-state index contributed by atoms with van der Waals surface area (Å²) in [7, 11) is 0. The van der Waals surface area contributed by atoms with E-state index in [0.717, 1.165) is 19.0 Å². The lowest BCUT2D eigenvalue weighted by Crippen LogP contribution is -2.15. The van der Waals surface area contributed by atoms with E-state index in [1.807, 2.05) is 12.1 Å². The lowest BCUT2D eigenvalue weighted by Gasteiger charge is -2.21. The van der Waals surface area contributed by atoms with Gasteiger partial charge in [0.1, 0.15) is 3.23 Å². The summed E-state index contributed by atoms with van der Waals surface area (Å²) in [6, 6.07) is 3.69. The molecule has 0 spiro atoms. The SMILES string of the molecule is O=C(O)CC(Br)(Br)c1ccc(Br)c(Br)c1Br. The van der Waals surface area contributed by atoms with E-state index in [2.05, 4.69) is 79.6 Å². The third kappa shape index (κ3) is 3.54. The molecule has 0 radical (unpaired) electrons. The summed E-state index contributed by atoms with van der Waals surface area (Å²) in [6.45, 7) is 0. The number of carboxylic acids is 1. The molecule has 1 rings (SSSR count). The van der Waals surface area contributed by atoms with Crippen molar-refractivity contribution in [2.45, 2.75) is 9.65 Å². The Bertz CT molecular complexity index is 430. The van der Waals surface area contributed by atoms with Gasteiger partial charge in [-0.2, -0.15) is 0 Å². The van der Waals surface area contributed by atoms with Crippen LogP contribution < -0.4 is 0 Å². The second-order valence-electron chi connectivity index (χ2n) is 3.00. The second kappa shape index (κ2) is 5.82. The zero-order valence-electron chi connectivity index (χ0n) is 7.61. The molecule has 16 heavy (non-hydrogen) atoms. The third-order valence-corrected chi connectivity index (χ3v) is 6.59. The second-order valence-corrected chi connectivity index (χ2v) is 9.21. The maximum atomic E-state index is 10.8. The maximum absolute atomic E-state index is 10.8. The number of carboxylic acid groups (broad SMARTS) is 1. The van der Waals surface area contributed by atoms with Crippen molar-refractivity contribution in [3.63, 3.8) is 0 Å². The summed E-state index contributed by atoms with van der Waals surface area (Å²) in [4.78, 5) is 10.8. The zero-order chi connectivity index (χ0) is 12.5. The summed E-state index contributed by atoms with van der Waals surface area (Å²) >= 11 is 16.9. The highest BCUT2D eigenvalue weighted by Gasteiger charge is 2.31. The van der Waals surface area contributed by atoms with Crippen LogP contribution in [0.1, 0.15) is 12.0 Å². The lowest BCUT2D eigenvalue weighted by atomic mass is 10.1. The summed E-state index contributed by atoms with van der Waals surface area (Å²) in [6.07, 6.45) is -0.0698. The highest BCUT2D eigenvalue weighted by Crippen LogP contribution is 2.47. The molecule has 0 atom stereocenters. The molecule has 0 saturated heterocycles. The first-order valence-corrected chi connectivity index (χ1v) is 7.96. The summed E-state index contributed by atoms with van der Waals surface area (Å²) in [5.41, 5.74) is 0.810. The Morgan fingerprint density at radius 2 is 1.75 bits per heavy atom. The number of hydrogen-bond donors (Lipinski definition) is 1. The Labute approximate surface area is 135 Å². The maximum Gasteiger partial charge on any atom is 0.306 e. The predicted molar refractivity (Wildman–Crippen MR) is 81.3 cm³/mol. The van der Waals surface area contributed by atoms with E-state index in [-0.39, 0.29) is 6.42 Å². The largest absolute Gasteiger partial charge is 0.481 e. The van der Waals surface area contributed by atoms with Crippen molar-refractivity contribution in [3.8, 4) is 0 Å². The van der Waals surface area contributed by atoms with Crippen LogP contribution >= 0.6 is 79.6 Å². The van der Waals surface area contributed by atoms with Gasteiger partial charge in [-0.3, -0.25) is 4.79 Å². The first-order chi connectivity index (χ1) is 7.25. The third-order valence-electron chi connectivity index (χ3n) is 1.80. The van der Waals surface area contributed by atoms with Gasteiger partial charge in [-0.25, -0.2) is 0 Å². The molecule has 0 aromatic heterocycles. The molecule has 0 aliphatic rings. The zero-order valence-corrected chi connectivity index (χ0v) is 15.5. The molecular weight excluding hydrogens is 540 g/mol. The number of benzene rings is 1. The van der Waals surface area contributed by atoms with E-state index in [4.69, 9.17) is 5.11 Å². The molecule has 0 unspecified atom stereocenters. The number of aliphatic carboxylic acids is 1. The molecule has 0 aliphatic heterocycles. The van der Waals surface area contributed by atoms with E-state index in [1.165, 1.54) is 0 Å². The van der Waals surface area contributed by atoms with Crippen molar-refractivity contribution in [1.82, 2.24) is 0 Å². The summed E-state index contributed by atoms with van der Waals surface area (Å²) < 4.78 is 1.76. The monoisotopic (exact) mass is 540 g/mol. The molecule has 1 aromatic rings. The number of carbonyl (C=O) groups is 1. The first-order valence-electron chi connectivity index (χ1n) is 3.99. The molecule has 7 heteroatoms. The van der Waals surface area contributed by atoms with Crippen LogP contribution in [0.4, 0.5) is 0 Å². The van der Waals surface area contributed by atoms with Crippen molar-refractivity contribution in [2.24, 2.45) is 0 Å². The Balaban J connectivity index is 3.23. The normalized spacial score (nSPS) is 11.6. The van der Waals surface area contributed by atoms with Gasteiger partial charge < -0.3 is 5.11 Å². The van der Waals surface area contributed by atoms with Gasteiger partial charge >= 0.3 is 5.97 Å². The Hall–Kier alpha value is 1.09. The quantitative estimate of drug-likeness (QED) is 0.409. The van der Waals surface area contributed by atoms with Crippen LogP contribution in [-0.4, -0.2) is 11.1 Å². The van der Waals surface area contributed by atoms with Crippen LogP contribution in [0.25, 0.3) is 0 Å². The minimum atomic E-state index is -0.889. The van der Waals surface area contributed by atoms with Gasteiger partial charge in [-0.05, 0) is 59.4 Å². The molecule has 0 bridgehead atoms. The standard InChI is InChI=1S/C9H5Br5O2/c10-5-2-1-4(7(11)8(5)12)9(13,14)3-6(15)16/h1-2H,3H2,(H,15,16). The van der Waals surface area contributed by atoms with Crippen LogP contribution in [0, 0.1) is 0 Å². The van der Waals surface area contributed by atoms with Gasteiger partial charge in [-0.1, -0.05) is 37.9 Å². The van der Waals surface area contributed by atoms with Crippen molar-refractivity contribution < 1.29 is 9.90 Å². The average molecular weight is 545 g/mol. The van der Waals surface area contributed by atoms with Crippen LogP contribution in [0.15, 0.2) is 25.6 Å². The fourth-order valence-corrected chi connectivity index (χ4v) is 4.39. The Kier molecular flexibility index (Phi) is 5.51. The van der Waals surface area contributed by atoms with Gasteiger partial charge in [0.05, 0.1) is 6.42 Å². The van der Waals surface area contributed by atoms with E-state index in [1.54, 1.807) is 0 Å². The molecular formula is C9H5Br5O2. The fourth-order valence-electron chi connectivity index (χ4n) is 1.09. The van der Waals surface area contributed by atoms with Crippen molar-refractivity contribution >= 4 is 85.6 Å². The molecule has 1 aromatic carbocycles. The van der Waals surface area contributed by atoms with E-state index < -0.39 is 9.20 Å². The summed E-state index contributed by atoms with van der Waals surface area (Å²) in [5.74, 6) is -0.889. The topological polar surface area (TPSA) is 37.3 Å². The smallest absolute Gasteiger partial charge is 0.306 e. The van der Waals surface area contributed by atoms with Crippen LogP contribution in [0.5, 0.6) is 0 Å². The van der Waals surface area contributed by atoms with Crippen molar-refractivity contribution in [2.75, 3.05) is 0 Å².